The highest BCUT2D eigenvalue weighted by Gasteiger charge is 2.16. The third kappa shape index (κ3) is 5.15. The number of halogens is 1. The SMILES string of the molecule is O=C(CNC(=O)c1ccc2c(c1)OCO2)NCCSc1ccc(Br)cc1. The van der Waals surface area contributed by atoms with E-state index in [1.807, 2.05) is 24.3 Å². The highest BCUT2D eigenvalue weighted by molar-refractivity contribution is 9.10. The first kappa shape index (κ1) is 18.6. The third-order valence-electron chi connectivity index (χ3n) is 3.55. The zero-order valence-electron chi connectivity index (χ0n) is 13.8. The Balaban J connectivity index is 1.36. The van der Waals surface area contributed by atoms with Crippen molar-refractivity contribution in [1.82, 2.24) is 10.6 Å². The summed E-state index contributed by atoms with van der Waals surface area (Å²) in [5, 5.41) is 5.38. The monoisotopic (exact) mass is 436 g/mol. The molecule has 26 heavy (non-hydrogen) atoms. The van der Waals surface area contributed by atoms with Crippen LogP contribution in [0.2, 0.25) is 0 Å². The van der Waals surface area contributed by atoms with Gasteiger partial charge in [-0.2, -0.15) is 0 Å². The van der Waals surface area contributed by atoms with Crippen LogP contribution in [0.15, 0.2) is 51.8 Å². The average Bonchev–Trinajstić information content (AvgIpc) is 3.12. The Hall–Kier alpha value is -2.19. The van der Waals surface area contributed by atoms with Crippen LogP contribution in [0, 0.1) is 0 Å². The molecule has 6 nitrogen and oxygen atoms in total. The van der Waals surface area contributed by atoms with E-state index in [0.717, 1.165) is 15.1 Å². The number of fused-ring (bicyclic) bond motifs is 1. The lowest BCUT2D eigenvalue weighted by atomic mass is 10.2. The molecule has 1 aliphatic rings. The second-order valence-corrected chi connectivity index (χ2v) is 7.49. The number of hydrogen-bond acceptors (Lipinski definition) is 5. The quantitative estimate of drug-likeness (QED) is 0.515. The largest absolute Gasteiger partial charge is 0.454 e. The minimum Gasteiger partial charge on any atom is -0.454 e. The number of carbonyl (C=O) groups excluding carboxylic acids is 2. The molecule has 0 spiro atoms. The predicted molar refractivity (Wildman–Crippen MR) is 103 cm³/mol. The van der Waals surface area contributed by atoms with E-state index in [4.69, 9.17) is 9.47 Å². The molecule has 0 aromatic heterocycles. The molecule has 0 saturated carbocycles. The Kier molecular flexibility index (Phi) is 6.40. The Morgan fingerprint density at radius 3 is 2.62 bits per heavy atom. The molecule has 1 aliphatic heterocycles. The van der Waals surface area contributed by atoms with E-state index in [2.05, 4.69) is 26.6 Å². The Morgan fingerprint density at radius 1 is 1.04 bits per heavy atom. The number of ether oxygens (including phenoxy) is 2. The fourth-order valence-corrected chi connectivity index (χ4v) is 3.29. The van der Waals surface area contributed by atoms with Crippen LogP contribution < -0.4 is 20.1 Å². The molecule has 0 radical (unpaired) electrons. The van der Waals surface area contributed by atoms with Gasteiger partial charge in [0.05, 0.1) is 6.54 Å². The van der Waals surface area contributed by atoms with Crippen LogP contribution in [0.25, 0.3) is 0 Å². The summed E-state index contributed by atoms with van der Waals surface area (Å²) < 4.78 is 11.5. The van der Waals surface area contributed by atoms with Crippen molar-refractivity contribution < 1.29 is 19.1 Å². The number of rotatable bonds is 7. The zero-order chi connectivity index (χ0) is 18.4. The summed E-state index contributed by atoms with van der Waals surface area (Å²) in [6, 6.07) is 12.9. The molecule has 2 aromatic rings. The number of amides is 2. The molecule has 136 valence electrons. The lowest BCUT2D eigenvalue weighted by molar-refractivity contribution is -0.120. The molecule has 0 bridgehead atoms. The molecule has 1 heterocycles. The maximum absolute atomic E-state index is 12.1. The number of carbonyl (C=O) groups is 2. The van der Waals surface area contributed by atoms with Crippen LogP contribution in [0.5, 0.6) is 11.5 Å². The number of thioether (sulfide) groups is 1. The lowest BCUT2D eigenvalue weighted by Crippen LogP contribution is -2.37. The van der Waals surface area contributed by atoms with Gasteiger partial charge >= 0.3 is 0 Å². The predicted octanol–water partition coefficient (Wildman–Crippen LogP) is 2.82. The fraction of sp³-hybridized carbons (Fsp3) is 0.222. The van der Waals surface area contributed by atoms with E-state index in [1.165, 1.54) is 0 Å². The van der Waals surface area contributed by atoms with E-state index in [9.17, 15) is 9.59 Å². The second-order valence-electron chi connectivity index (χ2n) is 5.40. The van der Waals surface area contributed by atoms with Gasteiger partial charge in [0.2, 0.25) is 12.7 Å². The first-order valence-corrected chi connectivity index (χ1v) is 9.72. The molecule has 0 unspecified atom stereocenters. The van der Waals surface area contributed by atoms with Gasteiger partial charge in [-0.05, 0) is 42.5 Å². The van der Waals surface area contributed by atoms with E-state index in [1.54, 1.807) is 30.0 Å². The number of benzene rings is 2. The van der Waals surface area contributed by atoms with Gasteiger partial charge in [0.25, 0.3) is 5.91 Å². The van der Waals surface area contributed by atoms with E-state index in [0.29, 0.717) is 23.6 Å². The van der Waals surface area contributed by atoms with E-state index >= 15 is 0 Å². The van der Waals surface area contributed by atoms with Crippen molar-refractivity contribution in [3.8, 4) is 11.5 Å². The molecular formula is C18H17BrN2O4S. The summed E-state index contributed by atoms with van der Waals surface area (Å²) in [4.78, 5) is 25.1. The molecule has 2 N–H and O–H groups in total. The van der Waals surface area contributed by atoms with Crippen molar-refractivity contribution in [3.05, 3.63) is 52.5 Å². The van der Waals surface area contributed by atoms with Gasteiger partial charge < -0.3 is 20.1 Å². The van der Waals surface area contributed by atoms with Gasteiger partial charge in [0.15, 0.2) is 11.5 Å². The molecule has 2 aromatic carbocycles. The Morgan fingerprint density at radius 2 is 1.81 bits per heavy atom. The van der Waals surface area contributed by atoms with Crippen molar-refractivity contribution in [3.63, 3.8) is 0 Å². The van der Waals surface area contributed by atoms with E-state index < -0.39 is 0 Å². The van der Waals surface area contributed by atoms with Crippen molar-refractivity contribution in [2.75, 3.05) is 25.6 Å². The van der Waals surface area contributed by atoms with Crippen LogP contribution >= 0.6 is 27.7 Å². The number of hydrogen-bond donors (Lipinski definition) is 2. The molecule has 0 fully saturated rings. The fourth-order valence-electron chi connectivity index (χ4n) is 2.25. The minimum atomic E-state index is -0.331. The van der Waals surface area contributed by atoms with Crippen molar-refractivity contribution in [1.29, 1.82) is 0 Å². The maximum atomic E-state index is 12.1. The van der Waals surface area contributed by atoms with Crippen LogP contribution in [0.4, 0.5) is 0 Å². The second kappa shape index (κ2) is 8.95. The van der Waals surface area contributed by atoms with Crippen molar-refractivity contribution in [2.45, 2.75) is 4.90 Å². The molecular weight excluding hydrogens is 420 g/mol. The van der Waals surface area contributed by atoms with E-state index in [-0.39, 0.29) is 25.2 Å². The van der Waals surface area contributed by atoms with Gasteiger partial charge in [-0.3, -0.25) is 9.59 Å². The number of nitrogens with one attached hydrogen (secondary N) is 2. The van der Waals surface area contributed by atoms with Crippen LogP contribution in [0.3, 0.4) is 0 Å². The molecule has 8 heteroatoms. The van der Waals surface area contributed by atoms with Gasteiger partial charge in [0, 0.05) is 27.2 Å². The summed E-state index contributed by atoms with van der Waals surface area (Å²) in [7, 11) is 0. The Bertz CT molecular complexity index is 798. The van der Waals surface area contributed by atoms with Crippen LogP contribution in [0.1, 0.15) is 10.4 Å². The van der Waals surface area contributed by atoms with Gasteiger partial charge in [-0.1, -0.05) is 15.9 Å². The maximum Gasteiger partial charge on any atom is 0.251 e. The summed E-state index contributed by atoms with van der Waals surface area (Å²) in [5.41, 5.74) is 0.424. The molecule has 2 amide bonds. The van der Waals surface area contributed by atoms with Crippen molar-refractivity contribution in [2.24, 2.45) is 0 Å². The normalized spacial score (nSPS) is 11.9. The first-order chi connectivity index (χ1) is 12.6. The zero-order valence-corrected chi connectivity index (χ0v) is 16.2. The van der Waals surface area contributed by atoms with Crippen LogP contribution in [-0.2, 0) is 4.79 Å². The molecule has 3 rings (SSSR count). The Labute approximate surface area is 163 Å². The smallest absolute Gasteiger partial charge is 0.251 e. The average molecular weight is 437 g/mol. The molecule has 0 atom stereocenters. The summed E-state index contributed by atoms with van der Waals surface area (Å²) >= 11 is 5.05. The molecule has 0 aliphatic carbocycles. The van der Waals surface area contributed by atoms with Crippen LogP contribution in [-0.4, -0.2) is 37.4 Å². The summed E-state index contributed by atoms with van der Waals surface area (Å²) in [6.45, 7) is 0.608. The van der Waals surface area contributed by atoms with Gasteiger partial charge in [-0.25, -0.2) is 0 Å². The molecule has 0 saturated heterocycles. The standard InChI is InChI=1S/C18H17BrN2O4S/c19-13-2-4-14(5-3-13)26-8-7-20-17(22)10-21-18(23)12-1-6-15-16(9-12)25-11-24-15/h1-6,9H,7-8,10-11H2,(H,20,22)(H,21,23). The van der Waals surface area contributed by atoms with Gasteiger partial charge in [-0.15, -0.1) is 11.8 Å². The highest BCUT2D eigenvalue weighted by atomic mass is 79.9. The summed E-state index contributed by atoms with van der Waals surface area (Å²) in [5.74, 6) is 1.34. The van der Waals surface area contributed by atoms with Gasteiger partial charge in [0.1, 0.15) is 0 Å². The van der Waals surface area contributed by atoms with Crippen molar-refractivity contribution >= 4 is 39.5 Å². The highest BCUT2D eigenvalue weighted by Crippen LogP contribution is 2.32. The first-order valence-electron chi connectivity index (χ1n) is 7.95. The third-order valence-corrected chi connectivity index (χ3v) is 5.09. The topological polar surface area (TPSA) is 76.7 Å². The summed E-state index contributed by atoms with van der Waals surface area (Å²) in [6.07, 6.45) is 0. The minimum absolute atomic E-state index is 0.0732. The lowest BCUT2D eigenvalue weighted by Gasteiger charge is -2.07.